The Morgan fingerprint density at radius 1 is 1.23 bits per heavy atom. The van der Waals surface area contributed by atoms with Gasteiger partial charge >= 0.3 is 0 Å². The molecule has 1 amide bonds. The molecule has 35 heavy (non-hydrogen) atoms. The van der Waals surface area contributed by atoms with Crippen LogP contribution in [0.3, 0.4) is 0 Å². The highest BCUT2D eigenvalue weighted by molar-refractivity contribution is 6.76. The lowest BCUT2D eigenvalue weighted by Gasteiger charge is -2.15. The fraction of sp³-hybridized carbons (Fsp3) is 0.280. The van der Waals surface area contributed by atoms with Crippen LogP contribution < -0.4 is 10.1 Å². The highest BCUT2D eigenvalue weighted by Crippen LogP contribution is 2.31. The summed E-state index contributed by atoms with van der Waals surface area (Å²) >= 11 is 0. The number of carbonyl (C=O) groups is 1. The van der Waals surface area contributed by atoms with Crippen molar-refractivity contribution in [3.05, 3.63) is 61.7 Å². The van der Waals surface area contributed by atoms with Crippen LogP contribution >= 0.6 is 0 Å². The Bertz CT molecular complexity index is 1350. The second-order valence-corrected chi connectivity index (χ2v) is 15.1. The van der Waals surface area contributed by atoms with Gasteiger partial charge < -0.3 is 19.4 Å². The standard InChI is InChI=1S/C25H30N6O3Si/c1-6-22(32)28-19-8-7-9-20(12-19)34-23-14-26-25-24(29-23)21(18-13-27-30(2)15-18)16-31(25)17-33-10-11-35(3,4)5/h6-9,12-16H,1,10-11,17H2,2-5H3,(H,28,32). The van der Waals surface area contributed by atoms with Crippen molar-refractivity contribution < 1.29 is 14.3 Å². The maximum atomic E-state index is 11.6. The lowest BCUT2D eigenvalue weighted by atomic mass is 10.2. The van der Waals surface area contributed by atoms with Crippen molar-refractivity contribution in [3.63, 3.8) is 0 Å². The summed E-state index contributed by atoms with van der Waals surface area (Å²) in [5, 5.41) is 7.02. The van der Waals surface area contributed by atoms with Crippen molar-refractivity contribution >= 4 is 30.8 Å². The van der Waals surface area contributed by atoms with Crippen molar-refractivity contribution in [2.24, 2.45) is 7.05 Å². The van der Waals surface area contributed by atoms with Gasteiger partial charge in [0, 0.05) is 57.0 Å². The van der Waals surface area contributed by atoms with Crippen LogP contribution in [0.2, 0.25) is 25.7 Å². The predicted octanol–water partition coefficient (Wildman–Crippen LogP) is 5.06. The van der Waals surface area contributed by atoms with Crippen molar-refractivity contribution in [2.45, 2.75) is 32.4 Å². The Kier molecular flexibility index (Phi) is 7.13. The number of rotatable bonds is 10. The Labute approximate surface area is 205 Å². The molecule has 0 saturated heterocycles. The minimum atomic E-state index is -1.17. The van der Waals surface area contributed by atoms with Crippen molar-refractivity contribution in [2.75, 3.05) is 11.9 Å². The molecule has 0 aliphatic heterocycles. The molecule has 0 bridgehead atoms. The number of aromatic nitrogens is 5. The smallest absolute Gasteiger partial charge is 0.247 e. The minimum absolute atomic E-state index is 0.294. The number of nitrogens with zero attached hydrogens (tertiary/aromatic N) is 5. The summed E-state index contributed by atoms with van der Waals surface area (Å²) < 4.78 is 15.7. The first kappa shape index (κ1) is 24.4. The topological polar surface area (TPSA) is 96.1 Å². The molecule has 182 valence electrons. The summed E-state index contributed by atoms with van der Waals surface area (Å²) in [7, 11) is 0.704. The second-order valence-electron chi connectivity index (χ2n) is 9.47. The first-order chi connectivity index (χ1) is 16.7. The maximum absolute atomic E-state index is 11.6. The molecule has 1 N–H and O–H groups in total. The van der Waals surface area contributed by atoms with E-state index in [0.717, 1.165) is 17.2 Å². The number of aryl methyl sites for hydroxylation is 1. The summed E-state index contributed by atoms with van der Waals surface area (Å²) in [5.74, 6) is 0.572. The number of benzene rings is 1. The molecule has 3 heterocycles. The van der Waals surface area contributed by atoms with Gasteiger partial charge in [-0.2, -0.15) is 5.10 Å². The zero-order valence-corrected chi connectivity index (χ0v) is 21.5. The van der Waals surface area contributed by atoms with Crippen LogP contribution in [0, 0.1) is 0 Å². The van der Waals surface area contributed by atoms with Gasteiger partial charge in [0.25, 0.3) is 0 Å². The molecule has 0 radical (unpaired) electrons. The van der Waals surface area contributed by atoms with Crippen LogP contribution in [0.1, 0.15) is 0 Å². The summed E-state index contributed by atoms with van der Waals surface area (Å²) in [6.07, 6.45) is 8.53. The molecule has 9 nitrogen and oxygen atoms in total. The van der Waals surface area contributed by atoms with E-state index >= 15 is 0 Å². The van der Waals surface area contributed by atoms with E-state index in [1.165, 1.54) is 6.08 Å². The predicted molar refractivity (Wildman–Crippen MR) is 139 cm³/mol. The number of carbonyl (C=O) groups excluding carboxylic acids is 1. The quantitative estimate of drug-likeness (QED) is 0.190. The minimum Gasteiger partial charge on any atom is -0.437 e. The molecule has 0 fully saturated rings. The van der Waals surface area contributed by atoms with Gasteiger partial charge in [-0.3, -0.25) is 9.48 Å². The van der Waals surface area contributed by atoms with Crippen molar-refractivity contribution in [1.29, 1.82) is 0 Å². The Morgan fingerprint density at radius 2 is 2.06 bits per heavy atom. The van der Waals surface area contributed by atoms with Crippen molar-refractivity contribution in [1.82, 2.24) is 24.3 Å². The van der Waals surface area contributed by atoms with Crippen LogP contribution in [0.25, 0.3) is 22.3 Å². The van der Waals surface area contributed by atoms with Crippen LogP contribution in [-0.4, -0.2) is 44.9 Å². The monoisotopic (exact) mass is 490 g/mol. The van der Waals surface area contributed by atoms with Gasteiger partial charge in [-0.15, -0.1) is 0 Å². The molecule has 0 saturated carbocycles. The molecule has 4 rings (SSSR count). The van der Waals surface area contributed by atoms with Gasteiger partial charge in [-0.1, -0.05) is 32.3 Å². The normalized spacial score (nSPS) is 11.5. The molecule has 0 unspecified atom stereocenters. The van der Waals surface area contributed by atoms with E-state index in [1.54, 1.807) is 41.3 Å². The van der Waals surface area contributed by atoms with E-state index in [1.807, 2.05) is 24.0 Å². The first-order valence-electron chi connectivity index (χ1n) is 11.4. The largest absolute Gasteiger partial charge is 0.437 e. The molecule has 0 aliphatic carbocycles. The SMILES string of the molecule is C=CC(=O)Nc1cccc(Oc2cnc3c(n2)c(-c2cnn(C)c2)cn3COCC[Si](C)(C)C)c1. The molecule has 3 aromatic heterocycles. The third-order valence-electron chi connectivity index (χ3n) is 5.30. The summed E-state index contributed by atoms with van der Waals surface area (Å²) in [4.78, 5) is 21.0. The van der Waals surface area contributed by atoms with Gasteiger partial charge in [0.15, 0.2) is 5.65 Å². The van der Waals surface area contributed by atoms with Gasteiger partial charge in [-0.25, -0.2) is 9.97 Å². The maximum Gasteiger partial charge on any atom is 0.247 e. The number of nitrogens with one attached hydrogen (secondary N) is 1. The summed E-state index contributed by atoms with van der Waals surface area (Å²) in [6.45, 7) is 11.6. The first-order valence-corrected chi connectivity index (χ1v) is 15.1. The molecule has 1 aromatic carbocycles. The molecule has 0 spiro atoms. The van der Waals surface area contributed by atoms with Crippen LogP contribution in [0.4, 0.5) is 5.69 Å². The average Bonchev–Trinajstić information content (AvgIpc) is 3.39. The molecule has 4 aromatic rings. The number of amides is 1. The van der Waals surface area contributed by atoms with Gasteiger partial charge in [-0.05, 0) is 24.3 Å². The van der Waals surface area contributed by atoms with E-state index in [9.17, 15) is 4.79 Å². The number of ether oxygens (including phenoxy) is 2. The Morgan fingerprint density at radius 3 is 2.77 bits per heavy atom. The fourth-order valence-corrected chi connectivity index (χ4v) is 4.20. The Balaban J connectivity index is 1.62. The van der Waals surface area contributed by atoms with Gasteiger partial charge in [0.2, 0.25) is 11.8 Å². The number of fused-ring (bicyclic) bond motifs is 1. The molecular formula is C25H30N6O3Si. The fourth-order valence-electron chi connectivity index (χ4n) is 3.45. The summed E-state index contributed by atoms with van der Waals surface area (Å²) in [6, 6.07) is 8.15. The second kappa shape index (κ2) is 10.2. The van der Waals surface area contributed by atoms with Gasteiger partial charge in [0.05, 0.1) is 12.4 Å². The number of hydrogen-bond acceptors (Lipinski definition) is 6. The molecule has 0 aliphatic rings. The third-order valence-corrected chi connectivity index (χ3v) is 7.00. The van der Waals surface area contributed by atoms with E-state index in [4.69, 9.17) is 14.5 Å². The van der Waals surface area contributed by atoms with E-state index in [0.29, 0.717) is 41.8 Å². The number of hydrogen-bond donors (Lipinski definition) is 1. The van der Waals surface area contributed by atoms with Gasteiger partial charge in [0.1, 0.15) is 18.0 Å². The Hall–Kier alpha value is -3.76. The zero-order valence-electron chi connectivity index (χ0n) is 20.5. The van der Waals surface area contributed by atoms with Crippen LogP contribution in [0.15, 0.2) is 61.7 Å². The lowest BCUT2D eigenvalue weighted by molar-refractivity contribution is -0.111. The molecule has 0 atom stereocenters. The zero-order chi connectivity index (χ0) is 25.0. The van der Waals surface area contributed by atoms with E-state index in [-0.39, 0.29) is 5.91 Å². The van der Waals surface area contributed by atoms with Crippen LogP contribution in [-0.2, 0) is 23.3 Å². The highest BCUT2D eigenvalue weighted by Gasteiger charge is 2.17. The van der Waals surface area contributed by atoms with Crippen LogP contribution in [0.5, 0.6) is 11.6 Å². The van der Waals surface area contributed by atoms with Crippen molar-refractivity contribution in [3.8, 4) is 22.8 Å². The summed E-state index contributed by atoms with van der Waals surface area (Å²) in [5.41, 5.74) is 3.82. The number of anilines is 1. The molecule has 10 heteroatoms. The van der Waals surface area contributed by atoms with E-state index in [2.05, 4.69) is 41.6 Å². The van der Waals surface area contributed by atoms with E-state index < -0.39 is 8.07 Å². The third kappa shape index (κ3) is 6.22. The molecular weight excluding hydrogens is 460 g/mol. The lowest BCUT2D eigenvalue weighted by Crippen LogP contribution is -2.22. The average molecular weight is 491 g/mol. The highest BCUT2D eigenvalue weighted by atomic mass is 28.3.